The van der Waals surface area contributed by atoms with E-state index in [1.807, 2.05) is 0 Å². The van der Waals surface area contributed by atoms with Gasteiger partial charge in [-0.3, -0.25) is 4.90 Å². The fourth-order valence-corrected chi connectivity index (χ4v) is 2.97. The van der Waals surface area contributed by atoms with E-state index in [2.05, 4.69) is 17.0 Å². The molecular weight excluding hydrogens is 269 g/mol. The molecule has 0 aromatic heterocycles. The number of amidine groups is 1. The summed E-state index contributed by atoms with van der Waals surface area (Å²) in [6, 6.07) is 4.74. The molecule has 0 spiro atoms. The van der Waals surface area contributed by atoms with E-state index in [1.165, 1.54) is 31.7 Å². The van der Waals surface area contributed by atoms with Crippen molar-refractivity contribution in [2.24, 2.45) is 16.8 Å². The predicted octanol–water partition coefficient (Wildman–Crippen LogP) is 2.93. The van der Waals surface area contributed by atoms with Crippen molar-refractivity contribution in [3.05, 3.63) is 35.1 Å². The zero-order valence-electron chi connectivity index (χ0n) is 12.6. The molecule has 0 unspecified atom stereocenters. The van der Waals surface area contributed by atoms with Crippen LogP contribution >= 0.6 is 0 Å². The second-order valence-electron chi connectivity index (χ2n) is 5.80. The SMILES string of the molecule is CCCC1CCN(Cc2ccc(C(N)=NO)cc2F)CC1. The van der Waals surface area contributed by atoms with Crippen LogP contribution in [0.1, 0.15) is 43.7 Å². The summed E-state index contributed by atoms with van der Waals surface area (Å²) in [5.41, 5.74) is 6.53. The molecule has 0 bridgehead atoms. The van der Waals surface area contributed by atoms with Crippen LogP contribution in [0.15, 0.2) is 23.4 Å². The van der Waals surface area contributed by atoms with Crippen LogP contribution < -0.4 is 5.73 Å². The zero-order valence-corrected chi connectivity index (χ0v) is 12.6. The molecule has 0 aliphatic carbocycles. The Morgan fingerprint density at radius 2 is 2.14 bits per heavy atom. The third-order valence-electron chi connectivity index (χ3n) is 4.25. The number of nitrogens with zero attached hydrogens (tertiary/aromatic N) is 2. The fourth-order valence-electron chi connectivity index (χ4n) is 2.97. The summed E-state index contributed by atoms with van der Waals surface area (Å²) in [6.07, 6.45) is 4.96. The highest BCUT2D eigenvalue weighted by atomic mass is 19.1. The number of hydrogen-bond donors (Lipinski definition) is 2. The predicted molar refractivity (Wildman–Crippen MR) is 81.8 cm³/mol. The monoisotopic (exact) mass is 293 g/mol. The average molecular weight is 293 g/mol. The third kappa shape index (κ3) is 4.17. The number of piperidine rings is 1. The van der Waals surface area contributed by atoms with Crippen molar-refractivity contribution >= 4 is 5.84 Å². The van der Waals surface area contributed by atoms with Crippen LogP contribution in [0.2, 0.25) is 0 Å². The van der Waals surface area contributed by atoms with Gasteiger partial charge in [0.1, 0.15) is 5.82 Å². The topological polar surface area (TPSA) is 61.8 Å². The lowest BCUT2D eigenvalue weighted by molar-refractivity contribution is 0.170. The highest BCUT2D eigenvalue weighted by Crippen LogP contribution is 2.23. The molecule has 1 aromatic carbocycles. The Morgan fingerprint density at radius 1 is 1.43 bits per heavy atom. The first-order valence-electron chi connectivity index (χ1n) is 7.62. The molecule has 0 amide bonds. The summed E-state index contributed by atoms with van der Waals surface area (Å²) in [7, 11) is 0. The lowest BCUT2D eigenvalue weighted by Crippen LogP contribution is -2.33. The van der Waals surface area contributed by atoms with Gasteiger partial charge in [-0.2, -0.15) is 0 Å². The zero-order chi connectivity index (χ0) is 15.2. The Morgan fingerprint density at radius 3 is 2.71 bits per heavy atom. The molecule has 1 aliphatic heterocycles. The Balaban J connectivity index is 1.95. The smallest absolute Gasteiger partial charge is 0.170 e. The van der Waals surface area contributed by atoms with Gasteiger partial charge in [0.2, 0.25) is 0 Å². The van der Waals surface area contributed by atoms with Gasteiger partial charge in [0.15, 0.2) is 5.84 Å². The number of hydrogen-bond acceptors (Lipinski definition) is 3. The quantitative estimate of drug-likeness (QED) is 0.380. The number of halogens is 1. The minimum absolute atomic E-state index is 0.0687. The van der Waals surface area contributed by atoms with Crippen LogP contribution in [0.25, 0.3) is 0 Å². The fraction of sp³-hybridized carbons (Fsp3) is 0.562. The molecule has 21 heavy (non-hydrogen) atoms. The first-order chi connectivity index (χ1) is 10.1. The molecular formula is C16H24FN3O. The molecule has 1 aliphatic rings. The van der Waals surface area contributed by atoms with Gasteiger partial charge < -0.3 is 10.9 Å². The summed E-state index contributed by atoms with van der Waals surface area (Å²) in [5.74, 6) is 0.467. The largest absolute Gasteiger partial charge is 0.409 e. The molecule has 0 radical (unpaired) electrons. The summed E-state index contributed by atoms with van der Waals surface area (Å²) >= 11 is 0. The maximum Gasteiger partial charge on any atom is 0.170 e. The van der Waals surface area contributed by atoms with Gasteiger partial charge in [-0.05, 0) is 37.9 Å². The van der Waals surface area contributed by atoms with E-state index in [0.29, 0.717) is 17.7 Å². The van der Waals surface area contributed by atoms with Crippen LogP contribution in [0.3, 0.4) is 0 Å². The Kier molecular flexibility index (Phi) is 5.56. The van der Waals surface area contributed by atoms with Gasteiger partial charge in [0.25, 0.3) is 0 Å². The first-order valence-corrected chi connectivity index (χ1v) is 7.62. The standard InChI is InChI=1S/C16H24FN3O/c1-2-3-12-6-8-20(9-7-12)11-14-5-4-13(10-15(14)17)16(18)19-21/h4-5,10,12,21H,2-3,6-9,11H2,1H3,(H2,18,19). The number of likely N-dealkylation sites (tertiary alicyclic amines) is 1. The van der Waals surface area contributed by atoms with Crippen molar-refractivity contribution < 1.29 is 9.60 Å². The molecule has 0 saturated carbocycles. The van der Waals surface area contributed by atoms with E-state index in [-0.39, 0.29) is 11.7 Å². The van der Waals surface area contributed by atoms with Crippen LogP contribution in [0.4, 0.5) is 4.39 Å². The Labute approximate surface area is 125 Å². The second kappa shape index (κ2) is 7.41. The van der Waals surface area contributed by atoms with Crippen molar-refractivity contribution in [3.8, 4) is 0 Å². The van der Waals surface area contributed by atoms with Crippen LogP contribution in [-0.2, 0) is 6.54 Å². The normalized spacial score (nSPS) is 18.1. The van der Waals surface area contributed by atoms with E-state index in [0.717, 1.165) is 19.0 Å². The number of benzene rings is 1. The van der Waals surface area contributed by atoms with Crippen molar-refractivity contribution in [3.63, 3.8) is 0 Å². The van der Waals surface area contributed by atoms with Crippen molar-refractivity contribution in [1.29, 1.82) is 0 Å². The summed E-state index contributed by atoms with van der Waals surface area (Å²) in [4.78, 5) is 2.30. The Bertz CT molecular complexity index is 496. The van der Waals surface area contributed by atoms with Crippen LogP contribution in [-0.4, -0.2) is 29.0 Å². The van der Waals surface area contributed by atoms with Gasteiger partial charge in [0.05, 0.1) is 0 Å². The number of nitrogens with two attached hydrogens (primary N) is 1. The highest BCUT2D eigenvalue weighted by molar-refractivity contribution is 5.97. The molecule has 1 fully saturated rings. The minimum atomic E-state index is -0.296. The minimum Gasteiger partial charge on any atom is -0.409 e. The van der Waals surface area contributed by atoms with Crippen molar-refractivity contribution in [2.75, 3.05) is 13.1 Å². The number of oxime groups is 1. The number of rotatable bonds is 5. The average Bonchev–Trinajstić information content (AvgIpc) is 2.50. The summed E-state index contributed by atoms with van der Waals surface area (Å²) in [6.45, 7) is 4.92. The summed E-state index contributed by atoms with van der Waals surface area (Å²) < 4.78 is 14.1. The maximum absolute atomic E-state index is 14.1. The van der Waals surface area contributed by atoms with Gasteiger partial charge >= 0.3 is 0 Å². The van der Waals surface area contributed by atoms with Crippen LogP contribution in [0, 0.1) is 11.7 Å². The van der Waals surface area contributed by atoms with E-state index >= 15 is 0 Å². The van der Waals surface area contributed by atoms with Gasteiger partial charge in [-0.15, -0.1) is 0 Å². The van der Waals surface area contributed by atoms with E-state index in [4.69, 9.17) is 10.9 Å². The van der Waals surface area contributed by atoms with Gasteiger partial charge in [-0.1, -0.05) is 37.1 Å². The summed E-state index contributed by atoms with van der Waals surface area (Å²) in [5, 5.41) is 11.5. The molecule has 1 saturated heterocycles. The molecule has 116 valence electrons. The highest BCUT2D eigenvalue weighted by Gasteiger charge is 2.19. The molecule has 0 atom stereocenters. The molecule has 3 N–H and O–H groups in total. The van der Waals surface area contributed by atoms with E-state index < -0.39 is 0 Å². The maximum atomic E-state index is 14.1. The second-order valence-corrected chi connectivity index (χ2v) is 5.80. The molecule has 4 nitrogen and oxygen atoms in total. The van der Waals surface area contributed by atoms with Gasteiger partial charge in [-0.25, -0.2) is 4.39 Å². The van der Waals surface area contributed by atoms with Crippen LogP contribution in [0.5, 0.6) is 0 Å². The van der Waals surface area contributed by atoms with Gasteiger partial charge in [0, 0.05) is 17.7 Å². The Hall–Kier alpha value is -1.62. The lowest BCUT2D eigenvalue weighted by Gasteiger charge is -2.32. The molecule has 2 rings (SSSR count). The lowest BCUT2D eigenvalue weighted by atomic mass is 9.92. The third-order valence-corrected chi connectivity index (χ3v) is 4.25. The van der Waals surface area contributed by atoms with E-state index in [9.17, 15) is 4.39 Å². The molecule has 5 heteroatoms. The molecule has 1 aromatic rings. The molecule has 1 heterocycles. The van der Waals surface area contributed by atoms with Crippen molar-refractivity contribution in [2.45, 2.75) is 39.2 Å². The van der Waals surface area contributed by atoms with Crippen molar-refractivity contribution in [1.82, 2.24) is 4.90 Å². The van der Waals surface area contributed by atoms with E-state index in [1.54, 1.807) is 12.1 Å². The first kappa shape index (κ1) is 15.8.